The summed E-state index contributed by atoms with van der Waals surface area (Å²) in [5.74, 6) is -0.390. The Labute approximate surface area is 215 Å². The van der Waals surface area contributed by atoms with Gasteiger partial charge in [0.05, 0.1) is 16.7 Å². The van der Waals surface area contributed by atoms with E-state index in [9.17, 15) is 35.9 Å². The highest BCUT2D eigenvalue weighted by Gasteiger charge is 2.37. The number of alkyl halides is 6. The zero-order chi connectivity index (χ0) is 27.9. The fourth-order valence-corrected chi connectivity index (χ4v) is 4.04. The summed E-state index contributed by atoms with van der Waals surface area (Å²) in [6, 6.07) is 4.30. The largest absolute Gasteiger partial charge is 0.416 e. The van der Waals surface area contributed by atoms with Gasteiger partial charge in [-0.05, 0) is 62.1 Å². The molecule has 0 aliphatic carbocycles. The maximum atomic E-state index is 13.1. The second kappa shape index (κ2) is 12.4. The monoisotopic (exact) mass is 546 g/mol. The molecule has 0 atom stereocenters. The zero-order valence-corrected chi connectivity index (χ0v) is 20.6. The molecule has 0 aromatic heterocycles. The predicted molar refractivity (Wildman–Crippen MR) is 130 cm³/mol. The van der Waals surface area contributed by atoms with Gasteiger partial charge in [-0.2, -0.15) is 26.3 Å². The van der Waals surface area contributed by atoms with E-state index in [4.69, 9.17) is 4.74 Å². The minimum atomic E-state index is -5.05. The smallest absolute Gasteiger partial charge is 0.385 e. The molecule has 208 valence electrons. The Morgan fingerprint density at radius 3 is 2.05 bits per heavy atom. The lowest BCUT2D eigenvalue weighted by molar-refractivity contribution is -0.143. The summed E-state index contributed by atoms with van der Waals surface area (Å²) in [5, 5.41) is 7.18. The Morgan fingerprint density at radius 1 is 0.868 bits per heavy atom. The number of ether oxygens (including phenoxy) is 1. The molecular formula is C25H28F6N4O3. The molecule has 1 heterocycles. The summed E-state index contributed by atoms with van der Waals surface area (Å²) < 4.78 is 83.7. The first kappa shape index (κ1) is 29.1. The summed E-state index contributed by atoms with van der Waals surface area (Å²) in [5.41, 5.74) is -2.73. The van der Waals surface area contributed by atoms with Gasteiger partial charge in [0.2, 0.25) is 0 Å². The quantitative estimate of drug-likeness (QED) is 0.275. The van der Waals surface area contributed by atoms with Crippen LogP contribution in [0.4, 0.5) is 48.2 Å². The van der Waals surface area contributed by atoms with E-state index in [0.717, 1.165) is 32.4 Å². The standard InChI is InChI=1S/C25H28F6N4O3/c1-38-11-5-8-32-22(36)20-15-18(6-7-21(20)35-9-3-2-4-10-35)33-23(37)34-19-13-16(24(26,27)28)12-17(14-19)25(29,30)31/h6-7,12-15H,2-5,8-11H2,1H3,(H,32,36)(H2,33,34,37). The number of methoxy groups -OCH3 is 1. The minimum Gasteiger partial charge on any atom is -0.385 e. The van der Waals surface area contributed by atoms with E-state index < -0.39 is 41.1 Å². The van der Waals surface area contributed by atoms with Gasteiger partial charge in [-0.15, -0.1) is 0 Å². The van der Waals surface area contributed by atoms with Crippen LogP contribution >= 0.6 is 0 Å². The number of carbonyl (C=O) groups excluding carboxylic acids is 2. The van der Waals surface area contributed by atoms with Crippen LogP contribution in [0.2, 0.25) is 0 Å². The molecule has 1 fully saturated rings. The number of rotatable bonds is 8. The molecular weight excluding hydrogens is 518 g/mol. The van der Waals surface area contributed by atoms with E-state index in [1.54, 1.807) is 13.2 Å². The van der Waals surface area contributed by atoms with Crippen molar-refractivity contribution in [3.05, 3.63) is 53.1 Å². The number of nitrogens with one attached hydrogen (secondary N) is 3. The summed E-state index contributed by atoms with van der Waals surface area (Å²) >= 11 is 0. The first-order chi connectivity index (χ1) is 17.9. The molecule has 0 saturated carbocycles. The van der Waals surface area contributed by atoms with Crippen LogP contribution in [-0.2, 0) is 17.1 Å². The fraction of sp³-hybridized carbons (Fsp3) is 0.440. The third-order valence-corrected chi connectivity index (χ3v) is 5.85. The zero-order valence-electron chi connectivity index (χ0n) is 20.6. The SMILES string of the molecule is COCCCNC(=O)c1cc(NC(=O)Nc2cc(C(F)(F)F)cc(C(F)(F)F)c2)ccc1N1CCCCC1. The number of amides is 3. The Kier molecular flexibility index (Phi) is 9.47. The van der Waals surface area contributed by atoms with Crippen molar-refractivity contribution in [3.63, 3.8) is 0 Å². The molecule has 1 aliphatic rings. The van der Waals surface area contributed by atoms with Crippen LogP contribution < -0.4 is 20.9 Å². The summed E-state index contributed by atoms with van der Waals surface area (Å²) in [6.07, 6.45) is -6.55. The molecule has 7 nitrogen and oxygen atoms in total. The van der Waals surface area contributed by atoms with Gasteiger partial charge >= 0.3 is 18.4 Å². The van der Waals surface area contributed by atoms with Crippen LogP contribution in [0.3, 0.4) is 0 Å². The third-order valence-electron chi connectivity index (χ3n) is 5.85. The van der Waals surface area contributed by atoms with Crippen molar-refractivity contribution >= 4 is 29.0 Å². The molecule has 0 bridgehead atoms. The van der Waals surface area contributed by atoms with Gasteiger partial charge in [0.25, 0.3) is 5.91 Å². The number of hydrogen-bond donors (Lipinski definition) is 3. The van der Waals surface area contributed by atoms with Crippen molar-refractivity contribution in [2.75, 3.05) is 48.9 Å². The highest BCUT2D eigenvalue weighted by molar-refractivity contribution is 6.04. The lowest BCUT2D eigenvalue weighted by Gasteiger charge is -2.30. The van der Waals surface area contributed by atoms with Crippen LogP contribution in [0.15, 0.2) is 36.4 Å². The van der Waals surface area contributed by atoms with Crippen molar-refractivity contribution in [2.24, 2.45) is 0 Å². The maximum Gasteiger partial charge on any atom is 0.416 e. The van der Waals surface area contributed by atoms with Gasteiger partial charge in [0.15, 0.2) is 0 Å². The number of hydrogen-bond acceptors (Lipinski definition) is 4. The molecule has 2 aromatic rings. The molecule has 1 saturated heterocycles. The van der Waals surface area contributed by atoms with Crippen molar-refractivity contribution < 1.29 is 40.7 Å². The average Bonchev–Trinajstić information content (AvgIpc) is 2.85. The number of anilines is 3. The molecule has 0 unspecified atom stereocenters. The molecule has 38 heavy (non-hydrogen) atoms. The van der Waals surface area contributed by atoms with Gasteiger partial charge in [-0.1, -0.05) is 0 Å². The fourth-order valence-electron chi connectivity index (χ4n) is 4.04. The first-order valence-corrected chi connectivity index (χ1v) is 11.9. The molecule has 0 radical (unpaired) electrons. The third kappa shape index (κ3) is 8.01. The molecule has 3 amide bonds. The molecule has 3 rings (SSSR count). The number of urea groups is 1. The topological polar surface area (TPSA) is 82.7 Å². The van der Waals surface area contributed by atoms with Crippen LogP contribution in [0.5, 0.6) is 0 Å². The van der Waals surface area contributed by atoms with Crippen LogP contribution in [0.25, 0.3) is 0 Å². The van der Waals surface area contributed by atoms with Gasteiger partial charge in [0, 0.05) is 50.4 Å². The van der Waals surface area contributed by atoms with E-state index >= 15 is 0 Å². The normalized spacial score (nSPS) is 14.2. The van der Waals surface area contributed by atoms with E-state index in [-0.39, 0.29) is 17.3 Å². The number of piperidine rings is 1. The first-order valence-electron chi connectivity index (χ1n) is 11.9. The van der Waals surface area contributed by atoms with Crippen LogP contribution in [-0.4, -0.2) is 45.3 Å². The maximum absolute atomic E-state index is 13.1. The van der Waals surface area contributed by atoms with E-state index in [1.807, 2.05) is 5.32 Å². The van der Waals surface area contributed by atoms with Crippen molar-refractivity contribution in [2.45, 2.75) is 38.0 Å². The van der Waals surface area contributed by atoms with Crippen LogP contribution in [0.1, 0.15) is 47.2 Å². The summed E-state index contributed by atoms with van der Waals surface area (Å²) in [7, 11) is 1.54. The summed E-state index contributed by atoms with van der Waals surface area (Å²) in [4.78, 5) is 27.5. The number of benzene rings is 2. The van der Waals surface area contributed by atoms with Gasteiger partial charge in [-0.25, -0.2) is 4.79 Å². The lowest BCUT2D eigenvalue weighted by Crippen LogP contribution is -2.33. The molecule has 0 spiro atoms. The minimum absolute atomic E-state index is 0.0278. The van der Waals surface area contributed by atoms with Crippen molar-refractivity contribution in [1.29, 1.82) is 0 Å². The lowest BCUT2D eigenvalue weighted by atomic mass is 10.1. The summed E-state index contributed by atoms with van der Waals surface area (Å²) in [6.45, 7) is 2.29. The molecule has 1 aliphatic heterocycles. The second-order valence-electron chi connectivity index (χ2n) is 8.76. The van der Waals surface area contributed by atoms with Gasteiger partial charge < -0.3 is 25.6 Å². The van der Waals surface area contributed by atoms with Gasteiger partial charge in [-0.3, -0.25) is 4.79 Å². The van der Waals surface area contributed by atoms with E-state index in [0.29, 0.717) is 37.4 Å². The Balaban J connectivity index is 1.82. The van der Waals surface area contributed by atoms with Crippen LogP contribution in [0, 0.1) is 0 Å². The number of carbonyl (C=O) groups is 2. The predicted octanol–water partition coefficient (Wildman–Crippen LogP) is 6.12. The van der Waals surface area contributed by atoms with Crippen molar-refractivity contribution in [1.82, 2.24) is 5.32 Å². The molecule has 2 aromatic carbocycles. The second-order valence-corrected chi connectivity index (χ2v) is 8.76. The van der Waals surface area contributed by atoms with Gasteiger partial charge in [0.1, 0.15) is 0 Å². The Hall–Kier alpha value is -3.48. The Morgan fingerprint density at radius 2 is 1.47 bits per heavy atom. The Bertz CT molecular complexity index is 1100. The van der Waals surface area contributed by atoms with Crippen molar-refractivity contribution in [3.8, 4) is 0 Å². The number of nitrogens with zero attached hydrogens (tertiary/aromatic N) is 1. The molecule has 3 N–H and O–H groups in total. The average molecular weight is 547 g/mol. The highest BCUT2D eigenvalue weighted by Crippen LogP contribution is 2.37. The van der Waals surface area contributed by atoms with E-state index in [2.05, 4.69) is 15.5 Å². The highest BCUT2D eigenvalue weighted by atomic mass is 19.4. The number of halogens is 6. The molecule has 13 heteroatoms. The van der Waals surface area contributed by atoms with E-state index in [1.165, 1.54) is 12.1 Å².